The minimum Gasteiger partial charge on any atom is -0.369 e. The lowest BCUT2D eigenvalue weighted by atomic mass is 10.1. The molecule has 0 radical (unpaired) electrons. The number of nitrogens with zero attached hydrogens (tertiary/aromatic N) is 3. The zero-order chi connectivity index (χ0) is 14.3. The van der Waals surface area contributed by atoms with Gasteiger partial charge in [-0.25, -0.2) is 4.98 Å². The Morgan fingerprint density at radius 3 is 2.85 bits per heavy atom. The van der Waals surface area contributed by atoms with Gasteiger partial charge in [0.1, 0.15) is 11.4 Å². The summed E-state index contributed by atoms with van der Waals surface area (Å²) in [7, 11) is 1.84. The third kappa shape index (κ3) is 2.23. The van der Waals surface area contributed by atoms with E-state index in [2.05, 4.69) is 21.1 Å². The molecule has 0 aliphatic carbocycles. The van der Waals surface area contributed by atoms with Crippen molar-refractivity contribution in [2.24, 2.45) is 7.05 Å². The molecule has 0 atom stereocenters. The number of rotatable bonds is 2. The number of aromatic nitrogens is 4. The predicted molar refractivity (Wildman–Crippen MR) is 79.5 cm³/mol. The Balaban J connectivity index is 2.21. The van der Waals surface area contributed by atoms with Crippen LogP contribution in [0.4, 0.5) is 5.95 Å². The smallest absolute Gasteiger partial charge is 0.252 e. The summed E-state index contributed by atoms with van der Waals surface area (Å²) in [6.45, 7) is 2.05. The minimum absolute atomic E-state index is 0.0893. The second-order valence-electron chi connectivity index (χ2n) is 4.49. The largest absolute Gasteiger partial charge is 0.369 e. The highest BCUT2D eigenvalue weighted by Gasteiger charge is 2.15. The second-order valence-corrected chi connectivity index (χ2v) is 5.78. The van der Waals surface area contributed by atoms with Crippen LogP contribution < -0.4 is 11.3 Å². The number of aryl methyl sites for hydroxylation is 2. The maximum absolute atomic E-state index is 11.5. The highest BCUT2D eigenvalue weighted by atomic mass is 32.1. The van der Waals surface area contributed by atoms with E-state index in [1.807, 2.05) is 26.2 Å². The van der Waals surface area contributed by atoms with Crippen LogP contribution in [0, 0.1) is 6.92 Å². The molecule has 0 amide bonds. The van der Waals surface area contributed by atoms with E-state index < -0.39 is 0 Å². The molecule has 0 unspecified atom stereocenters. The van der Waals surface area contributed by atoms with Gasteiger partial charge in [-0.1, -0.05) is 0 Å². The molecule has 0 aromatic carbocycles. The summed E-state index contributed by atoms with van der Waals surface area (Å²) in [4.78, 5) is 20.4. The van der Waals surface area contributed by atoms with Crippen LogP contribution in [-0.4, -0.2) is 19.7 Å². The van der Waals surface area contributed by atoms with E-state index >= 15 is 0 Å². The number of aromatic amines is 1. The van der Waals surface area contributed by atoms with Gasteiger partial charge in [0.25, 0.3) is 5.56 Å². The van der Waals surface area contributed by atoms with Gasteiger partial charge in [0, 0.05) is 34.6 Å². The standard InChI is InChI=1S/C13H13N5OS/c1-7-3-4-10(20-7)8-6-18(2)17-12(8)9-5-11(19)16-13(14)15-9/h3-6H,1-2H3,(H3,14,15,16,19). The maximum Gasteiger partial charge on any atom is 0.252 e. The Morgan fingerprint density at radius 1 is 1.40 bits per heavy atom. The molecule has 3 heterocycles. The highest BCUT2D eigenvalue weighted by molar-refractivity contribution is 7.15. The fraction of sp³-hybridized carbons (Fsp3) is 0.154. The average molecular weight is 287 g/mol. The van der Waals surface area contributed by atoms with Gasteiger partial charge in [-0.15, -0.1) is 11.3 Å². The van der Waals surface area contributed by atoms with Crippen LogP contribution in [0.2, 0.25) is 0 Å². The summed E-state index contributed by atoms with van der Waals surface area (Å²) >= 11 is 1.67. The normalized spacial score (nSPS) is 10.9. The van der Waals surface area contributed by atoms with Crippen molar-refractivity contribution < 1.29 is 0 Å². The van der Waals surface area contributed by atoms with E-state index in [4.69, 9.17) is 5.73 Å². The number of nitrogen functional groups attached to an aromatic ring is 1. The lowest BCUT2D eigenvalue weighted by molar-refractivity contribution is 0.770. The maximum atomic E-state index is 11.5. The van der Waals surface area contributed by atoms with Gasteiger partial charge in [-0.3, -0.25) is 14.5 Å². The molecule has 7 heteroatoms. The molecule has 0 bridgehead atoms. The van der Waals surface area contributed by atoms with E-state index in [1.165, 1.54) is 10.9 Å². The SMILES string of the molecule is Cc1ccc(-c2cn(C)nc2-c2cc(=O)[nH]c(N)n2)s1. The van der Waals surface area contributed by atoms with E-state index in [9.17, 15) is 4.79 Å². The topological polar surface area (TPSA) is 89.6 Å². The van der Waals surface area contributed by atoms with Gasteiger partial charge in [0.15, 0.2) is 0 Å². The number of H-pyrrole nitrogens is 1. The van der Waals surface area contributed by atoms with Crippen LogP contribution in [0.1, 0.15) is 4.88 Å². The Morgan fingerprint density at radius 2 is 2.20 bits per heavy atom. The second kappa shape index (κ2) is 4.61. The van der Waals surface area contributed by atoms with Gasteiger partial charge in [0.2, 0.25) is 5.95 Å². The Bertz CT molecular complexity index is 829. The molecule has 3 aromatic rings. The molecule has 102 valence electrons. The first-order chi connectivity index (χ1) is 9.52. The van der Waals surface area contributed by atoms with Crippen molar-refractivity contribution in [1.29, 1.82) is 0 Å². The fourth-order valence-corrected chi connectivity index (χ4v) is 2.91. The van der Waals surface area contributed by atoms with Gasteiger partial charge < -0.3 is 5.73 Å². The first-order valence-electron chi connectivity index (χ1n) is 6.00. The monoisotopic (exact) mass is 287 g/mol. The zero-order valence-corrected chi connectivity index (χ0v) is 11.9. The summed E-state index contributed by atoms with van der Waals surface area (Å²) in [5, 5.41) is 4.40. The van der Waals surface area contributed by atoms with E-state index in [-0.39, 0.29) is 11.5 Å². The van der Waals surface area contributed by atoms with Crippen molar-refractivity contribution in [2.75, 3.05) is 5.73 Å². The summed E-state index contributed by atoms with van der Waals surface area (Å²) < 4.78 is 1.71. The summed E-state index contributed by atoms with van der Waals surface area (Å²) in [5.41, 5.74) is 7.40. The first-order valence-corrected chi connectivity index (χ1v) is 6.82. The van der Waals surface area contributed by atoms with E-state index in [0.717, 1.165) is 10.4 Å². The lowest BCUT2D eigenvalue weighted by Gasteiger charge is -2.00. The molecule has 0 saturated heterocycles. The quantitative estimate of drug-likeness (QED) is 0.752. The molecular weight excluding hydrogens is 274 g/mol. The summed E-state index contributed by atoms with van der Waals surface area (Å²) in [6, 6.07) is 5.50. The van der Waals surface area contributed by atoms with Crippen molar-refractivity contribution in [3.05, 3.63) is 39.6 Å². The number of hydrogen-bond donors (Lipinski definition) is 2. The number of thiophene rings is 1. The highest BCUT2D eigenvalue weighted by Crippen LogP contribution is 2.34. The molecule has 0 fully saturated rings. The van der Waals surface area contributed by atoms with Crippen LogP contribution in [0.3, 0.4) is 0 Å². The van der Waals surface area contributed by atoms with Crippen molar-refractivity contribution in [2.45, 2.75) is 6.92 Å². The zero-order valence-electron chi connectivity index (χ0n) is 11.0. The van der Waals surface area contributed by atoms with Gasteiger partial charge >= 0.3 is 0 Å². The molecule has 0 aliphatic rings. The molecule has 0 aliphatic heterocycles. The molecule has 20 heavy (non-hydrogen) atoms. The van der Waals surface area contributed by atoms with Crippen molar-refractivity contribution in [3.8, 4) is 21.8 Å². The Kier molecular flexibility index (Phi) is 2.90. The van der Waals surface area contributed by atoms with Crippen molar-refractivity contribution >= 4 is 17.3 Å². The fourth-order valence-electron chi connectivity index (χ4n) is 2.04. The van der Waals surface area contributed by atoms with Crippen LogP contribution in [-0.2, 0) is 7.05 Å². The average Bonchev–Trinajstić information content (AvgIpc) is 2.94. The molecule has 0 saturated carbocycles. The molecular formula is C13H13N5OS. The Labute approximate surface area is 118 Å². The van der Waals surface area contributed by atoms with Crippen LogP contribution in [0.15, 0.2) is 29.2 Å². The number of anilines is 1. The number of nitrogens with two attached hydrogens (primary N) is 1. The molecule has 3 aromatic heterocycles. The summed E-state index contributed by atoms with van der Waals surface area (Å²) in [6.07, 6.45) is 1.92. The predicted octanol–water partition coefficient (Wildman–Crippen LogP) is 1.79. The molecule has 0 spiro atoms. The lowest BCUT2D eigenvalue weighted by Crippen LogP contribution is -2.10. The van der Waals surface area contributed by atoms with E-state index in [0.29, 0.717) is 11.4 Å². The third-order valence-electron chi connectivity index (χ3n) is 2.84. The molecule has 3 N–H and O–H groups in total. The number of nitrogens with one attached hydrogen (secondary N) is 1. The van der Waals surface area contributed by atoms with Crippen LogP contribution in [0.5, 0.6) is 0 Å². The van der Waals surface area contributed by atoms with Gasteiger partial charge in [-0.2, -0.15) is 5.10 Å². The minimum atomic E-state index is -0.286. The van der Waals surface area contributed by atoms with Gasteiger partial charge in [-0.05, 0) is 19.1 Å². The first kappa shape index (κ1) is 12.6. The van der Waals surface area contributed by atoms with E-state index in [1.54, 1.807) is 16.0 Å². The third-order valence-corrected chi connectivity index (χ3v) is 3.87. The Hall–Kier alpha value is -2.41. The summed E-state index contributed by atoms with van der Waals surface area (Å²) in [5.74, 6) is 0.0893. The van der Waals surface area contributed by atoms with Crippen LogP contribution in [0.25, 0.3) is 21.8 Å². The van der Waals surface area contributed by atoms with Crippen molar-refractivity contribution in [1.82, 2.24) is 19.7 Å². The molecule has 6 nitrogen and oxygen atoms in total. The molecule has 3 rings (SSSR count). The number of hydrogen-bond acceptors (Lipinski definition) is 5. The van der Waals surface area contributed by atoms with Crippen molar-refractivity contribution in [3.63, 3.8) is 0 Å². The van der Waals surface area contributed by atoms with Gasteiger partial charge in [0.05, 0.1) is 0 Å². The van der Waals surface area contributed by atoms with Crippen LogP contribution >= 0.6 is 11.3 Å².